The lowest BCUT2D eigenvalue weighted by Crippen LogP contribution is -2.32. The Labute approximate surface area is 118 Å². The molecule has 0 spiro atoms. The predicted octanol–water partition coefficient (Wildman–Crippen LogP) is 0.929. The molecule has 5 heteroatoms. The number of carbonyl (C=O) groups excluding carboxylic acids is 1. The summed E-state index contributed by atoms with van der Waals surface area (Å²) in [7, 11) is 0. The fourth-order valence-electron chi connectivity index (χ4n) is 1.95. The van der Waals surface area contributed by atoms with E-state index in [1.54, 1.807) is 0 Å². The smallest absolute Gasteiger partial charge is 0.307 e. The van der Waals surface area contributed by atoms with E-state index in [1.165, 1.54) is 0 Å². The van der Waals surface area contributed by atoms with Gasteiger partial charge in [-0.05, 0) is 24.0 Å². The summed E-state index contributed by atoms with van der Waals surface area (Å²) in [6.07, 6.45) is 2.12. The molecule has 1 aliphatic carbocycles. The number of amides is 1. The number of nitrogens with one attached hydrogen (secondary N) is 2. The highest BCUT2D eigenvalue weighted by Gasteiger charge is 2.28. The molecule has 0 saturated heterocycles. The molecule has 1 aromatic carbocycles. The number of carboxylic acid groups (broad SMARTS) is 1. The van der Waals surface area contributed by atoms with E-state index >= 15 is 0 Å². The van der Waals surface area contributed by atoms with Crippen molar-refractivity contribution < 1.29 is 14.7 Å². The van der Waals surface area contributed by atoms with E-state index < -0.39 is 5.97 Å². The highest BCUT2D eigenvalue weighted by Crippen LogP contribution is 2.28. The van der Waals surface area contributed by atoms with Crippen molar-refractivity contribution in [2.75, 3.05) is 13.1 Å². The van der Waals surface area contributed by atoms with Crippen LogP contribution in [0.2, 0.25) is 0 Å². The van der Waals surface area contributed by atoms with E-state index in [1.807, 2.05) is 24.3 Å². The number of aliphatic carboxylic acids is 1. The van der Waals surface area contributed by atoms with Gasteiger partial charge in [-0.3, -0.25) is 9.59 Å². The second-order valence-electron chi connectivity index (χ2n) is 5.13. The standard InChI is InChI=1S/C15H20N2O3/c18-14(19)9-11-1-3-12(4-2-11)10-16-7-8-17-15(20)13-5-6-13/h1-4,13,16H,5-10H2,(H,17,20)(H,18,19). The molecule has 0 atom stereocenters. The maximum Gasteiger partial charge on any atom is 0.307 e. The molecule has 108 valence electrons. The third kappa shape index (κ3) is 5.01. The first kappa shape index (κ1) is 14.5. The van der Waals surface area contributed by atoms with Gasteiger partial charge in [0.25, 0.3) is 0 Å². The lowest BCUT2D eigenvalue weighted by molar-refractivity contribution is -0.136. The Bertz CT molecular complexity index is 467. The van der Waals surface area contributed by atoms with E-state index in [4.69, 9.17) is 5.11 Å². The number of carbonyl (C=O) groups is 2. The minimum Gasteiger partial charge on any atom is -0.481 e. The SMILES string of the molecule is O=C(O)Cc1ccc(CNCCNC(=O)C2CC2)cc1. The molecule has 2 rings (SSSR count). The van der Waals surface area contributed by atoms with E-state index in [9.17, 15) is 9.59 Å². The first-order chi connectivity index (χ1) is 9.65. The largest absolute Gasteiger partial charge is 0.481 e. The van der Waals surface area contributed by atoms with E-state index in [2.05, 4.69) is 10.6 Å². The molecule has 0 aliphatic heterocycles. The number of carboxylic acids is 1. The highest BCUT2D eigenvalue weighted by molar-refractivity contribution is 5.80. The molecule has 0 radical (unpaired) electrons. The van der Waals surface area contributed by atoms with Crippen LogP contribution < -0.4 is 10.6 Å². The number of hydrogen-bond donors (Lipinski definition) is 3. The van der Waals surface area contributed by atoms with Gasteiger partial charge in [0.05, 0.1) is 6.42 Å². The minimum absolute atomic E-state index is 0.0565. The maximum atomic E-state index is 11.4. The van der Waals surface area contributed by atoms with Crippen LogP contribution >= 0.6 is 0 Å². The molecular formula is C15H20N2O3. The molecule has 1 fully saturated rings. The summed E-state index contributed by atoms with van der Waals surface area (Å²) >= 11 is 0. The van der Waals surface area contributed by atoms with Crippen molar-refractivity contribution in [3.63, 3.8) is 0 Å². The first-order valence-corrected chi connectivity index (χ1v) is 6.93. The number of benzene rings is 1. The number of rotatable bonds is 8. The van der Waals surface area contributed by atoms with Crippen molar-refractivity contribution in [1.29, 1.82) is 0 Å². The molecule has 1 amide bonds. The van der Waals surface area contributed by atoms with Crippen molar-refractivity contribution in [1.82, 2.24) is 10.6 Å². The summed E-state index contributed by atoms with van der Waals surface area (Å²) in [5.74, 6) is -0.385. The van der Waals surface area contributed by atoms with Crippen LogP contribution in [0.5, 0.6) is 0 Å². The molecule has 0 heterocycles. The topological polar surface area (TPSA) is 78.4 Å². The quantitative estimate of drug-likeness (QED) is 0.617. The van der Waals surface area contributed by atoms with Crippen molar-refractivity contribution in [2.45, 2.75) is 25.8 Å². The van der Waals surface area contributed by atoms with Crippen LogP contribution in [0.3, 0.4) is 0 Å². The van der Waals surface area contributed by atoms with E-state index in [-0.39, 0.29) is 18.2 Å². The zero-order chi connectivity index (χ0) is 14.4. The van der Waals surface area contributed by atoms with Gasteiger partial charge >= 0.3 is 5.97 Å². The van der Waals surface area contributed by atoms with E-state index in [0.717, 1.165) is 30.5 Å². The van der Waals surface area contributed by atoms with Gasteiger partial charge < -0.3 is 15.7 Å². The Hall–Kier alpha value is -1.88. The van der Waals surface area contributed by atoms with Gasteiger partial charge in [-0.15, -0.1) is 0 Å². The van der Waals surface area contributed by atoms with E-state index in [0.29, 0.717) is 13.1 Å². The summed E-state index contributed by atoms with van der Waals surface area (Å²) < 4.78 is 0. The van der Waals surface area contributed by atoms with Crippen LogP contribution in [0.1, 0.15) is 24.0 Å². The Morgan fingerprint density at radius 2 is 1.75 bits per heavy atom. The molecule has 3 N–H and O–H groups in total. The van der Waals surface area contributed by atoms with Crippen molar-refractivity contribution >= 4 is 11.9 Å². The van der Waals surface area contributed by atoms with Gasteiger partial charge in [0.1, 0.15) is 0 Å². The second kappa shape index (κ2) is 7.05. The monoisotopic (exact) mass is 276 g/mol. The fraction of sp³-hybridized carbons (Fsp3) is 0.467. The average Bonchev–Trinajstić information content (AvgIpc) is 3.24. The Balaban J connectivity index is 1.61. The van der Waals surface area contributed by atoms with Crippen LogP contribution in [0.15, 0.2) is 24.3 Å². The van der Waals surface area contributed by atoms with Crippen LogP contribution in [-0.4, -0.2) is 30.1 Å². The van der Waals surface area contributed by atoms with Gasteiger partial charge in [-0.25, -0.2) is 0 Å². The van der Waals surface area contributed by atoms with Crippen LogP contribution in [0.25, 0.3) is 0 Å². The summed E-state index contributed by atoms with van der Waals surface area (Å²) in [5.41, 5.74) is 1.91. The fourth-order valence-corrected chi connectivity index (χ4v) is 1.95. The van der Waals surface area contributed by atoms with Crippen LogP contribution in [0, 0.1) is 5.92 Å². The lowest BCUT2D eigenvalue weighted by Gasteiger charge is -2.07. The van der Waals surface area contributed by atoms with Gasteiger partial charge in [-0.1, -0.05) is 24.3 Å². The number of hydrogen-bond acceptors (Lipinski definition) is 3. The normalized spacial score (nSPS) is 14.0. The average molecular weight is 276 g/mol. The minimum atomic E-state index is -0.817. The Morgan fingerprint density at radius 1 is 1.10 bits per heavy atom. The second-order valence-corrected chi connectivity index (χ2v) is 5.13. The molecule has 0 bridgehead atoms. The maximum absolute atomic E-state index is 11.4. The molecule has 1 aromatic rings. The van der Waals surface area contributed by atoms with Gasteiger partial charge in [-0.2, -0.15) is 0 Å². The van der Waals surface area contributed by atoms with Crippen molar-refractivity contribution in [2.24, 2.45) is 5.92 Å². The summed E-state index contributed by atoms with van der Waals surface area (Å²) in [5, 5.41) is 14.8. The Morgan fingerprint density at radius 3 is 2.35 bits per heavy atom. The summed E-state index contributed by atoms with van der Waals surface area (Å²) in [6.45, 7) is 2.09. The summed E-state index contributed by atoms with van der Waals surface area (Å²) in [6, 6.07) is 7.52. The first-order valence-electron chi connectivity index (χ1n) is 6.93. The predicted molar refractivity (Wildman–Crippen MR) is 75.2 cm³/mol. The third-order valence-corrected chi connectivity index (χ3v) is 3.26. The molecule has 0 aromatic heterocycles. The molecule has 0 unspecified atom stereocenters. The zero-order valence-corrected chi connectivity index (χ0v) is 11.4. The molecular weight excluding hydrogens is 256 g/mol. The summed E-state index contributed by atoms with van der Waals surface area (Å²) in [4.78, 5) is 21.9. The van der Waals surface area contributed by atoms with Crippen LogP contribution in [-0.2, 0) is 22.6 Å². The van der Waals surface area contributed by atoms with Crippen molar-refractivity contribution in [3.8, 4) is 0 Å². The Kier molecular flexibility index (Phi) is 5.12. The van der Waals surface area contributed by atoms with Gasteiger partial charge in [0, 0.05) is 25.6 Å². The molecule has 20 heavy (non-hydrogen) atoms. The zero-order valence-electron chi connectivity index (χ0n) is 11.4. The molecule has 1 aliphatic rings. The molecule has 1 saturated carbocycles. The molecule has 5 nitrogen and oxygen atoms in total. The highest BCUT2D eigenvalue weighted by atomic mass is 16.4. The van der Waals surface area contributed by atoms with Crippen molar-refractivity contribution in [3.05, 3.63) is 35.4 Å². The van der Waals surface area contributed by atoms with Crippen LogP contribution in [0.4, 0.5) is 0 Å². The van der Waals surface area contributed by atoms with Gasteiger partial charge in [0.15, 0.2) is 0 Å². The lowest BCUT2D eigenvalue weighted by atomic mass is 10.1. The third-order valence-electron chi connectivity index (χ3n) is 3.26. The van der Waals surface area contributed by atoms with Gasteiger partial charge in [0.2, 0.25) is 5.91 Å².